The van der Waals surface area contributed by atoms with E-state index in [4.69, 9.17) is 0 Å². The van der Waals surface area contributed by atoms with Gasteiger partial charge >= 0.3 is 0 Å². The van der Waals surface area contributed by atoms with Crippen molar-refractivity contribution in [3.05, 3.63) is 46.7 Å². The maximum absolute atomic E-state index is 11.7. The molecule has 2 nitrogen and oxygen atoms in total. The largest absolute Gasteiger partial charge is 0.504 e. The van der Waals surface area contributed by atoms with Crippen molar-refractivity contribution < 1.29 is 9.90 Å². The number of rotatable bonds is 0. The maximum Gasteiger partial charge on any atom is 0.227 e. The van der Waals surface area contributed by atoms with Gasteiger partial charge in [-0.15, -0.1) is 0 Å². The average molecular weight is 202 g/mol. The van der Waals surface area contributed by atoms with Crippen LogP contribution in [-0.2, 0) is 5.41 Å². The van der Waals surface area contributed by atoms with Crippen LogP contribution in [0.3, 0.4) is 0 Å². The summed E-state index contributed by atoms with van der Waals surface area (Å²) in [7, 11) is 0. The number of Topliss-reactive ketones (excluding diaryl/α,β-unsaturated/α-hetero) is 1. The number of fused-ring (bicyclic) bond motifs is 1. The van der Waals surface area contributed by atoms with E-state index < -0.39 is 0 Å². The lowest BCUT2D eigenvalue weighted by Gasteiger charge is -2.28. The molecule has 0 heterocycles. The lowest BCUT2D eigenvalue weighted by molar-refractivity contribution is 0.0968. The Morgan fingerprint density at radius 2 is 1.93 bits per heavy atom. The summed E-state index contributed by atoms with van der Waals surface area (Å²) in [5, 5.41) is 9.56. The van der Waals surface area contributed by atoms with Crippen LogP contribution < -0.4 is 0 Å². The van der Waals surface area contributed by atoms with Crippen molar-refractivity contribution in [2.75, 3.05) is 0 Å². The molecule has 2 heteroatoms. The predicted octanol–water partition coefficient (Wildman–Crippen LogP) is 2.91. The summed E-state index contributed by atoms with van der Waals surface area (Å²) in [5.74, 6) is -0.411. The molecule has 1 aliphatic carbocycles. The summed E-state index contributed by atoms with van der Waals surface area (Å²) in [6.45, 7) is 5.92. The van der Waals surface area contributed by atoms with Crippen LogP contribution in [-0.4, -0.2) is 10.9 Å². The van der Waals surface area contributed by atoms with Crippen LogP contribution in [0.15, 0.2) is 30.0 Å². The zero-order chi connectivity index (χ0) is 11.2. The van der Waals surface area contributed by atoms with E-state index in [-0.39, 0.29) is 17.0 Å². The van der Waals surface area contributed by atoms with Gasteiger partial charge in [-0.25, -0.2) is 0 Å². The van der Waals surface area contributed by atoms with Gasteiger partial charge in [-0.3, -0.25) is 4.79 Å². The van der Waals surface area contributed by atoms with Crippen molar-refractivity contribution in [3.8, 4) is 0 Å². The zero-order valence-corrected chi connectivity index (χ0v) is 9.16. The van der Waals surface area contributed by atoms with E-state index >= 15 is 0 Å². The van der Waals surface area contributed by atoms with Gasteiger partial charge in [0.25, 0.3) is 0 Å². The predicted molar refractivity (Wildman–Crippen MR) is 59.2 cm³/mol. The van der Waals surface area contributed by atoms with Crippen LogP contribution in [0.1, 0.15) is 35.3 Å². The third-order valence-electron chi connectivity index (χ3n) is 2.84. The van der Waals surface area contributed by atoms with E-state index in [1.807, 2.05) is 39.0 Å². The zero-order valence-electron chi connectivity index (χ0n) is 9.16. The second-order valence-electron chi connectivity index (χ2n) is 4.63. The third-order valence-corrected chi connectivity index (χ3v) is 2.84. The van der Waals surface area contributed by atoms with Gasteiger partial charge < -0.3 is 5.11 Å². The molecule has 2 rings (SSSR count). The van der Waals surface area contributed by atoms with E-state index in [0.29, 0.717) is 5.56 Å². The number of carbonyl (C=O) groups excluding carboxylic acids is 1. The summed E-state index contributed by atoms with van der Waals surface area (Å²) >= 11 is 0. The molecule has 1 aromatic carbocycles. The molecular weight excluding hydrogens is 188 g/mol. The number of aliphatic hydroxyl groups excluding tert-OH is 1. The van der Waals surface area contributed by atoms with Crippen LogP contribution in [0.4, 0.5) is 0 Å². The molecule has 1 N–H and O–H groups in total. The fourth-order valence-corrected chi connectivity index (χ4v) is 2.03. The summed E-state index contributed by atoms with van der Waals surface area (Å²) in [4.78, 5) is 11.7. The molecule has 0 fully saturated rings. The first kappa shape index (κ1) is 9.97. The first-order chi connectivity index (χ1) is 6.92. The molecular formula is C13H14O2. The van der Waals surface area contributed by atoms with E-state index in [0.717, 1.165) is 11.1 Å². The van der Waals surface area contributed by atoms with Gasteiger partial charge in [-0.1, -0.05) is 31.5 Å². The maximum atomic E-state index is 11.7. The topological polar surface area (TPSA) is 37.3 Å². The molecule has 0 saturated carbocycles. The Kier molecular flexibility index (Phi) is 1.97. The Balaban J connectivity index is 2.72. The molecule has 78 valence electrons. The summed E-state index contributed by atoms with van der Waals surface area (Å²) in [6, 6.07) is 5.79. The smallest absolute Gasteiger partial charge is 0.227 e. The molecule has 0 unspecified atom stereocenters. The molecule has 0 aliphatic heterocycles. The van der Waals surface area contributed by atoms with Crippen LogP contribution in [0.2, 0.25) is 0 Å². The van der Waals surface area contributed by atoms with Crippen LogP contribution >= 0.6 is 0 Å². The van der Waals surface area contributed by atoms with Crippen molar-refractivity contribution in [1.82, 2.24) is 0 Å². The Hall–Kier alpha value is -1.57. The fraction of sp³-hybridized carbons (Fsp3) is 0.308. The summed E-state index contributed by atoms with van der Waals surface area (Å²) < 4.78 is 0. The molecule has 0 saturated heterocycles. The van der Waals surface area contributed by atoms with Crippen LogP contribution in [0, 0.1) is 6.92 Å². The molecule has 1 aromatic rings. The minimum absolute atomic E-state index is 0.141. The minimum Gasteiger partial charge on any atom is -0.504 e. The standard InChI is InChI=1S/C13H14O2/c1-8-4-5-10-9(6-8)12(15)11(14)7-13(10,2)3/h4-7,14H,1-3H3. The quantitative estimate of drug-likeness (QED) is 0.702. The van der Waals surface area contributed by atoms with Crippen molar-refractivity contribution >= 4 is 5.78 Å². The highest BCUT2D eigenvalue weighted by Gasteiger charge is 2.31. The molecule has 0 bridgehead atoms. The average Bonchev–Trinajstić information content (AvgIpc) is 2.13. The molecule has 0 spiro atoms. The van der Waals surface area contributed by atoms with Gasteiger partial charge in [0.2, 0.25) is 5.78 Å². The molecule has 0 amide bonds. The lowest BCUT2D eigenvalue weighted by atomic mass is 9.76. The second-order valence-corrected chi connectivity index (χ2v) is 4.63. The molecule has 0 radical (unpaired) electrons. The van der Waals surface area contributed by atoms with Gasteiger partial charge in [-0.05, 0) is 24.6 Å². The highest BCUT2D eigenvalue weighted by atomic mass is 16.3. The Bertz CT molecular complexity index is 467. The van der Waals surface area contributed by atoms with Crippen molar-refractivity contribution in [2.24, 2.45) is 0 Å². The third kappa shape index (κ3) is 1.46. The number of benzene rings is 1. The van der Waals surface area contributed by atoms with Gasteiger partial charge in [0, 0.05) is 11.0 Å². The number of ketones is 1. The number of aliphatic hydroxyl groups is 1. The highest BCUT2D eigenvalue weighted by molar-refractivity contribution is 6.09. The summed E-state index contributed by atoms with van der Waals surface area (Å²) in [6.07, 6.45) is 1.62. The fourth-order valence-electron chi connectivity index (χ4n) is 2.03. The molecule has 1 aliphatic rings. The van der Waals surface area contributed by atoms with E-state index in [2.05, 4.69) is 0 Å². The van der Waals surface area contributed by atoms with Crippen LogP contribution in [0.25, 0.3) is 0 Å². The van der Waals surface area contributed by atoms with Crippen molar-refractivity contribution in [3.63, 3.8) is 0 Å². The molecule has 0 atom stereocenters. The van der Waals surface area contributed by atoms with Gasteiger partial charge in [0.05, 0.1) is 0 Å². The first-order valence-electron chi connectivity index (χ1n) is 4.99. The van der Waals surface area contributed by atoms with Gasteiger partial charge in [-0.2, -0.15) is 0 Å². The minimum atomic E-state index is -0.277. The number of carbonyl (C=O) groups is 1. The number of hydrogen-bond acceptors (Lipinski definition) is 2. The number of hydrogen-bond donors (Lipinski definition) is 1. The van der Waals surface area contributed by atoms with Crippen molar-refractivity contribution in [2.45, 2.75) is 26.2 Å². The van der Waals surface area contributed by atoms with E-state index in [1.54, 1.807) is 6.08 Å². The second kappa shape index (κ2) is 2.96. The molecule has 15 heavy (non-hydrogen) atoms. The SMILES string of the molecule is Cc1ccc2c(c1)C(=O)C(O)=CC2(C)C. The van der Waals surface area contributed by atoms with Crippen molar-refractivity contribution in [1.29, 1.82) is 0 Å². The monoisotopic (exact) mass is 202 g/mol. The van der Waals surface area contributed by atoms with Crippen LogP contribution in [0.5, 0.6) is 0 Å². The lowest BCUT2D eigenvalue weighted by Crippen LogP contribution is -2.25. The number of aryl methyl sites for hydroxylation is 1. The summed E-state index contributed by atoms with van der Waals surface area (Å²) in [5.41, 5.74) is 2.37. The van der Waals surface area contributed by atoms with Gasteiger partial charge in [0.15, 0.2) is 5.76 Å². The Morgan fingerprint density at radius 3 is 2.60 bits per heavy atom. The van der Waals surface area contributed by atoms with E-state index in [9.17, 15) is 9.90 Å². The first-order valence-corrected chi connectivity index (χ1v) is 4.99. The van der Waals surface area contributed by atoms with E-state index in [1.165, 1.54) is 0 Å². The molecule has 0 aromatic heterocycles. The Morgan fingerprint density at radius 1 is 1.27 bits per heavy atom. The highest BCUT2D eigenvalue weighted by Crippen LogP contribution is 2.34. The number of allylic oxidation sites excluding steroid dienone is 2. The van der Waals surface area contributed by atoms with Gasteiger partial charge in [0.1, 0.15) is 0 Å². The Labute approximate surface area is 89.2 Å². The normalized spacial score (nSPS) is 18.3.